The van der Waals surface area contributed by atoms with Gasteiger partial charge in [-0.25, -0.2) is 0 Å². The van der Waals surface area contributed by atoms with E-state index in [1.807, 2.05) is 12.1 Å². The van der Waals surface area contributed by atoms with Gasteiger partial charge in [0.15, 0.2) is 0 Å². The molecule has 1 fully saturated rings. The van der Waals surface area contributed by atoms with Crippen molar-refractivity contribution in [2.75, 3.05) is 0 Å². The summed E-state index contributed by atoms with van der Waals surface area (Å²) in [4.78, 5) is 0. The quantitative estimate of drug-likeness (QED) is 0.847. The molecule has 2 nitrogen and oxygen atoms in total. The fraction of sp³-hybridized carbons (Fsp3) is 0.667. The van der Waals surface area contributed by atoms with Crippen LogP contribution in [-0.2, 0) is 6.42 Å². The third-order valence-corrected chi connectivity index (χ3v) is 5.01. The van der Waals surface area contributed by atoms with E-state index in [9.17, 15) is 5.11 Å². The fourth-order valence-electron chi connectivity index (χ4n) is 3.31. The molecule has 0 unspecified atom stereocenters. The highest BCUT2D eigenvalue weighted by molar-refractivity contribution is 5.25. The van der Waals surface area contributed by atoms with E-state index in [0.29, 0.717) is 17.8 Å². The SMILES string of the molecule is C[C@H]1[C@H](C)CCC[C@@H]1N[C@H](C)CCc1ccc(O)cc1. The molecule has 0 amide bonds. The highest BCUT2D eigenvalue weighted by Gasteiger charge is 2.27. The summed E-state index contributed by atoms with van der Waals surface area (Å²) < 4.78 is 0. The second-order valence-electron chi connectivity index (χ2n) is 6.65. The Morgan fingerprint density at radius 1 is 1.20 bits per heavy atom. The number of phenols is 1. The Hall–Kier alpha value is -1.02. The monoisotopic (exact) mass is 275 g/mol. The van der Waals surface area contributed by atoms with Crippen molar-refractivity contribution in [1.29, 1.82) is 0 Å². The Balaban J connectivity index is 1.77. The summed E-state index contributed by atoms with van der Waals surface area (Å²) >= 11 is 0. The van der Waals surface area contributed by atoms with Crippen LogP contribution in [0.3, 0.4) is 0 Å². The summed E-state index contributed by atoms with van der Waals surface area (Å²) in [5.74, 6) is 2.00. The lowest BCUT2D eigenvalue weighted by molar-refractivity contribution is 0.194. The van der Waals surface area contributed by atoms with Crippen LogP contribution in [0.2, 0.25) is 0 Å². The highest BCUT2D eigenvalue weighted by Crippen LogP contribution is 2.29. The maximum absolute atomic E-state index is 9.29. The number of benzene rings is 1. The Morgan fingerprint density at radius 2 is 1.90 bits per heavy atom. The van der Waals surface area contributed by atoms with E-state index in [1.54, 1.807) is 12.1 Å². The molecule has 0 saturated heterocycles. The number of rotatable bonds is 5. The summed E-state index contributed by atoms with van der Waals surface area (Å²) in [5.41, 5.74) is 1.31. The Kier molecular flexibility index (Phi) is 5.47. The first-order chi connectivity index (χ1) is 9.56. The average molecular weight is 275 g/mol. The van der Waals surface area contributed by atoms with Crippen molar-refractivity contribution in [2.45, 2.75) is 65.0 Å². The number of hydrogen-bond acceptors (Lipinski definition) is 2. The van der Waals surface area contributed by atoms with Crippen LogP contribution in [-0.4, -0.2) is 17.2 Å². The first kappa shape index (κ1) is 15.4. The van der Waals surface area contributed by atoms with Gasteiger partial charge in [-0.1, -0.05) is 38.8 Å². The molecule has 1 aliphatic carbocycles. The Labute approximate surface area is 123 Å². The van der Waals surface area contributed by atoms with Crippen LogP contribution < -0.4 is 5.32 Å². The van der Waals surface area contributed by atoms with E-state index in [-0.39, 0.29) is 0 Å². The molecule has 1 aromatic rings. The number of aromatic hydroxyl groups is 1. The van der Waals surface area contributed by atoms with Crippen molar-refractivity contribution >= 4 is 0 Å². The van der Waals surface area contributed by atoms with Crippen LogP contribution in [0.4, 0.5) is 0 Å². The van der Waals surface area contributed by atoms with Crippen molar-refractivity contribution in [3.05, 3.63) is 29.8 Å². The van der Waals surface area contributed by atoms with Gasteiger partial charge in [0, 0.05) is 12.1 Å². The van der Waals surface area contributed by atoms with Crippen molar-refractivity contribution < 1.29 is 5.11 Å². The zero-order valence-corrected chi connectivity index (χ0v) is 13.1. The topological polar surface area (TPSA) is 32.3 Å². The molecule has 4 atom stereocenters. The van der Waals surface area contributed by atoms with Crippen LogP contribution in [0.15, 0.2) is 24.3 Å². The van der Waals surface area contributed by atoms with E-state index in [0.717, 1.165) is 24.7 Å². The van der Waals surface area contributed by atoms with Gasteiger partial charge < -0.3 is 10.4 Å². The molecular weight excluding hydrogens is 246 g/mol. The van der Waals surface area contributed by atoms with Crippen LogP contribution in [0.5, 0.6) is 5.75 Å². The van der Waals surface area contributed by atoms with Crippen molar-refractivity contribution in [3.63, 3.8) is 0 Å². The van der Waals surface area contributed by atoms with Gasteiger partial charge in [-0.3, -0.25) is 0 Å². The molecule has 0 aliphatic heterocycles. The lowest BCUT2D eigenvalue weighted by Crippen LogP contribution is -2.44. The molecule has 1 saturated carbocycles. The second-order valence-corrected chi connectivity index (χ2v) is 6.65. The molecule has 0 bridgehead atoms. The first-order valence-corrected chi connectivity index (χ1v) is 8.10. The second kappa shape index (κ2) is 7.12. The summed E-state index contributed by atoms with van der Waals surface area (Å²) in [6.45, 7) is 7.08. The standard InChI is InChI=1S/C18H29NO/c1-13-5-4-6-18(15(13)3)19-14(2)7-8-16-9-11-17(20)12-10-16/h9-15,18-20H,4-8H2,1-3H3/t13-,14-,15+,18+/m1/s1. The summed E-state index contributed by atoms with van der Waals surface area (Å²) in [6, 6.07) is 8.84. The molecule has 2 N–H and O–H groups in total. The molecule has 1 aromatic carbocycles. The fourth-order valence-corrected chi connectivity index (χ4v) is 3.31. The normalized spacial score (nSPS) is 28.2. The van der Waals surface area contributed by atoms with Crippen molar-refractivity contribution in [3.8, 4) is 5.75 Å². The third-order valence-electron chi connectivity index (χ3n) is 5.01. The van der Waals surface area contributed by atoms with Gasteiger partial charge in [0.25, 0.3) is 0 Å². The molecule has 2 heteroatoms. The lowest BCUT2D eigenvalue weighted by atomic mass is 9.78. The zero-order chi connectivity index (χ0) is 14.5. The number of phenolic OH excluding ortho intramolecular Hbond substituents is 1. The average Bonchev–Trinajstić information content (AvgIpc) is 2.43. The molecule has 0 heterocycles. The van der Waals surface area contributed by atoms with E-state index < -0.39 is 0 Å². The van der Waals surface area contributed by atoms with E-state index in [4.69, 9.17) is 0 Å². The van der Waals surface area contributed by atoms with E-state index in [2.05, 4.69) is 26.1 Å². The van der Waals surface area contributed by atoms with Gasteiger partial charge in [0.1, 0.15) is 5.75 Å². The minimum absolute atomic E-state index is 0.352. The predicted octanol–water partition coefficient (Wildman–Crippen LogP) is 4.13. The number of nitrogens with one attached hydrogen (secondary N) is 1. The number of aryl methyl sites for hydroxylation is 1. The smallest absolute Gasteiger partial charge is 0.115 e. The van der Waals surface area contributed by atoms with Crippen LogP contribution in [0.25, 0.3) is 0 Å². The summed E-state index contributed by atoms with van der Waals surface area (Å²) in [7, 11) is 0. The summed E-state index contributed by atoms with van der Waals surface area (Å²) in [6.07, 6.45) is 6.32. The zero-order valence-electron chi connectivity index (χ0n) is 13.1. The largest absolute Gasteiger partial charge is 0.508 e. The van der Waals surface area contributed by atoms with Gasteiger partial charge in [-0.15, -0.1) is 0 Å². The van der Waals surface area contributed by atoms with Crippen LogP contribution in [0, 0.1) is 11.8 Å². The molecule has 0 spiro atoms. The molecule has 1 aliphatic rings. The van der Waals surface area contributed by atoms with Gasteiger partial charge >= 0.3 is 0 Å². The van der Waals surface area contributed by atoms with Gasteiger partial charge in [0.2, 0.25) is 0 Å². The molecule has 112 valence electrons. The Morgan fingerprint density at radius 3 is 2.60 bits per heavy atom. The van der Waals surface area contributed by atoms with Crippen molar-refractivity contribution in [2.24, 2.45) is 11.8 Å². The van der Waals surface area contributed by atoms with Crippen LogP contribution >= 0.6 is 0 Å². The summed E-state index contributed by atoms with van der Waals surface area (Å²) in [5, 5.41) is 13.1. The minimum Gasteiger partial charge on any atom is -0.508 e. The molecule has 0 aromatic heterocycles. The third kappa shape index (κ3) is 4.24. The highest BCUT2D eigenvalue weighted by atomic mass is 16.3. The molecule has 0 radical (unpaired) electrons. The maximum atomic E-state index is 9.29. The van der Waals surface area contributed by atoms with Gasteiger partial charge in [-0.2, -0.15) is 0 Å². The van der Waals surface area contributed by atoms with Crippen LogP contribution in [0.1, 0.15) is 52.0 Å². The Bertz CT molecular complexity index is 400. The molecule has 2 rings (SSSR count). The van der Waals surface area contributed by atoms with Crippen molar-refractivity contribution in [1.82, 2.24) is 5.32 Å². The van der Waals surface area contributed by atoms with Gasteiger partial charge in [0.05, 0.1) is 0 Å². The van der Waals surface area contributed by atoms with E-state index in [1.165, 1.54) is 24.8 Å². The predicted molar refractivity (Wildman–Crippen MR) is 85.0 cm³/mol. The number of hydrogen-bond donors (Lipinski definition) is 2. The first-order valence-electron chi connectivity index (χ1n) is 8.10. The molecule has 20 heavy (non-hydrogen) atoms. The van der Waals surface area contributed by atoms with E-state index >= 15 is 0 Å². The maximum Gasteiger partial charge on any atom is 0.115 e. The lowest BCUT2D eigenvalue weighted by Gasteiger charge is -2.36. The van der Waals surface area contributed by atoms with Gasteiger partial charge in [-0.05, 0) is 55.7 Å². The minimum atomic E-state index is 0.352. The molecular formula is C18H29NO.